The molecule has 0 aliphatic rings. The summed E-state index contributed by atoms with van der Waals surface area (Å²) in [4.78, 5) is 0. The second-order valence-corrected chi connectivity index (χ2v) is 5.78. The van der Waals surface area contributed by atoms with E-state index in [0.717, 1.165) is 18.4 Å². The van der Waals surface area contributed by atoms with Crippen molar-refractivity contribution in [1.82, 2.24) is 10.0 Å². The van der Waals surface area contributed by atoms with Crippen LogP contribution in [0.1, 0.15) is 12.0 Å². The van der Waals surface area contributed by atoms with E-state index in [2.05, 4.69) is 10.0 Å². The van der Waals surface area contributed by atoms with E-state index < -0.39 is 21.7 Å². The van der Waals surface area contributed by atoms with Crippen molar-refractivity contribution in [2.45, 2.75) is 13.0 Å². The Morgan fingerprint density at radius 2 is 1.89 bits per heavy atom. The van der Waals surface area contributed by atoms with Crippen molar-refractivity contribution < 1.29 is 17.2 Å². The van der Waals surface area contributed by atoms with E-state index in [1.807, 2.05) is 0 Å². The van der Waals surface area contributed by atoms with Gasteiger partial charge in [-0.1, -0.05) is 6.07 Å². The van der Waals surface area contributed by atoms with Crippen LogP contribution in [0.4, 0.5) is 8.78 Å². The molecule has 0 unspecified atom stereocenters. The highest BCUT2D eigenvalue weighted by Gasteiger charge is 2.02. The lowest BCUT2D eigenvalue weighted by Crippen LogP contribution is -2.26. The minimum atomic E-state index is -3.14. The molecule has 2 N–H and O–H groups in total. The van der Waals surface area contributed by atoms with Crippen molar-refractivity contribution in [3.8, 4) is 0 Å². The van der Waals surface area contributed by atoms with Crippen molar-refractivity contribution in [1.29, 1.82) is 0 Å². The Bertz CT molecular complexity index is 492. The third kappa shape index (κ3) is 6.04. The summed E-state index contributed by atoms with van der Waals surface area (Å²) in [5, 5.41) is 3.01. The molecule has 4 nitrogen and oxygen atoms in total. The number of halogens is 2. The molecule has 0 saturated heterocycles. The summed E-state index contributed by atoms with van der Waals surface area (Å²) in [6.45, 7) is 1.35. The maximum absolute atomic E-state index is 12.9. The first kappa shape index (κ1) is 15.0. The van der Waals surface area contributed by atoms with Crippen LogP contribution >= 0.6 is 0 Å². The molecule has 0 bridgehead atoms. The highest BCUT2D eigenvalue weighted by atomic mass is 32.2. The van der Waals surface area contributed by atoms with Gasteiger partial charge in [-0.3, -0.25) is 0 Å². The van der Waals surface area contributed by atoms with Gasteiger partial charge >= 0.3 is 0 Å². The maximum Gasteiger partial charge on any atom is 0.208 e. The lowest BCUT2D eigenvalue weighted by Gasteiger charge is -2.06. The van der Waals surface area contributed by atoms with E-state index in [0.29, 0.717) is 31.6 Å². The van der Waals surface area contributed by atoms with Crippen molar-refractivity contribution in [3.05, 3.63) is 35.4 Å². The number of benzene rings is 1. The van der Waals surface area contributed by atoms with Crippen LogP contribution in [0.15, 0.2) is 18.2 Å². The Labute approximate surface area is 105 Å². The fourth-order valence-electron chi connectivity index (χ4n) is 1.35. The summed E-state index contributed by atoms with van der Waals surface area (Å²) >= 11 is 0. The molecule has 0 amide bonds. The second kappa shape index (κ2) is 6.77. The smallest absolute Gasteiger partial charge is 0.208 e. The summed E-state index contributed by atoms with van der Waals surface area (Å²) < 4.78 is 49.4. The fraction of sp³-hybridized carbons (Fsp3) is 0.455. The van der Waals surface area contributed by atoms with Crippen LogP contribution < -0.4 is 10.0 Å². The molecule has 18 heavy (non-hydrogen) atoms. The number of hydrogen-bond donors (Lipinski definition) is 2. The molecule has 0 aromatic heterocycles. The van der Waals surface area contributed by atoms with E-state index in [4.69, 9.17) is 0 Å². The average Bonchev–Trinajstić information content (AvgIpc) is 2.26. The molecular weight excluding hydrogens is 262 g/mol. The van der Waals surface area contributed by atoms with Gasteiger partial charge in [0.2, 0.25) is 10.0 Å². The van der Waals surface area contributed by atoms with Gasteiger partial charge in [-0.15, -0.1) is 0 Å². The van der Waals surface area contributed by atoms with E-state index >= 15 is 0 Å². The summed E-state index contributed by atoms with van der Waals surface area (Å²) in [7, 11) is -3.14. The van der Waals surface area contributed by atoms with E-state index in [1.165, 1.54) is 6.07 Å². The lowest BCUT2D eigenvalue weighted by molar-refractivity contribution is 0.505. The van der Waals surface area contributed by atoms with Gasteiger partial charge in [-0.25, -0.2) is 21.9 Å². The molecule has 1 aromatic rings. The zero-order valence-corrected chi connectivity index (χ0v) is 10.9. The zero-order valence-electron chi connectivity index (χ0n) is 10.0. The molecule has 0 heterocycles. The van der Waals surface area contributed by atoms with E-state index in [-0.39, 0.29) is 0 Å². The number of rotatable bonds is 7. The Morgan fingerprint density at radius 3 is 2.50 bits per heavy atom. The molecule has 1 aromatic carbocycles. The standard InChI is InChI=1S/C11H16F2N2O2S/c1-18(16,17)15-6-2-5-14-8-9-3-4-10(12)11(13)7-9/h3-4,7,14-15H,2,5-6,8H2,1H3. The molecule has 0 aliphatic carbocycles. The normalized spacial score (nSPS) is 11.7. The Morgan fingerprint density at radius 1 is 1.17 bits per heavy atom. The summed E-state index contributed by atoms with van der Waals surface area (Å²) in [5.74, 6) is -1.73. The molecule has 0 aliphatic heterocycles. The molecular formula is C11H16F2N2O2S. The van der Waals surface area contributed by atoms with Gasteiger partial charge in [-0.05, 0) is 30.7 Å². The van der Waals surface area contributed by atoms with Gasteiger partial charge in [0.25, 0.3) is 0 Å². The van der Waals surface area contributed by atoms with Crippen LogP contribution in [0.3, 0.4) is 0 Å². The Balaban J connectivity index is 2.20. The molecule has 102 valence electrons. The van der Waals surface area contributed by atoms with Crippen molar-refractivity contribution in [2.75, 3.05) is 19.3 Å². The van der Waals surface area contributed by atoms with Crippen molar-refractivity contribution >= 4 is 10.0 Å². The summed E-state index contributed by atoms with van der Waals surface area (Å²) in [6.07, 6.45) is 1.72. The van der Waals surface area contributed by atoms with E-state index in [1.54, 1.807) is 0 Å². The van der Waals surface area contributed by atoms with Crippen LogP contribution in [0.2, 0.25) is 0 Å². The zero-order chi connectivity index (χ0) is 13.6. The first-order chi connectivity index (χ1) is 8.38. The third-order valence-electron chi connectivity index (χ3n) is 2.21. The number of sulfonamides is 1. The molecule has 0 saturated carbocycles. The topological polar surface area (TPSA) is 58.2 Å². The highest BCUT2D eigenvalue weighted by molar-refractivity contribution is 7.88. The van der Waals surface area contributed by atoms with Crippen LogP contribution in [0, 0.1) is 11.6 Å². The van der Waals surface area contributed by atoms with Crippen molar-refractivity contribution in [3.63, 3.8) is 0 Å². The maximum atomic E-state index is 12.9. The monoisotopic (exact) mass is 278 g/mol. The molecule has 7 heteroatoms. The van der Waals surface area contributed by atoms with Crippen LogP contribution in [0.25, 0.3) is 0 Å². The number of hydrogen-bond acceptors (Lipinski definition) is 3. The summed E-state index contributed by atoms with van der Waals surface area (Å²) in [5.41, 5.74) is 0.643. The minimum absolute atomic E-state index is 0.351. The first-order valence-corrected chi connectivity index (χ1v) is 7.37. The Kier molecular flexibility index (Phi) is 5.64. The summed E-state index contributed by atoms with van der Waals surface area (Å²) in [6, 6.07) is 3.72. The van der Waals surface area contributed by atoms with Gasteiger partial charge in [0.1, 0.15) is 0 Å². The number of nitrogens with one attached hydrogen (secondary N) is 2. The third-order valence-corrected chi connectivity index (χ3v) is 2.94. The SMILES string of the molecule is CS(=O)(=O)NCCCNCc1ccc(F)c(F)c1. The van der Waals surface area contributed by atoms with E-state index in [9.17, 15) is 17.2 Å². The Hall–Kier alpha value is -1.05. The van der Waals surface area contributed by atoms with Gasteiger partial charge in [-0.2, -0.15) is 0 Å². The predicted molar refractivity (Wildman–Crippen MR) is 65.5 cm³/mol. The van der Waals surface area contributed by atoms with Gasteiger partial charge in [0.15, 0.2) is 11.6 Å². The van der Waals surface area contributed by atoms with Crippen LogP contribution in [-0.2, 0) is 16.6 Å². The van der Waals surface area contributed by atoms with Crippen LogP contribution in [0.5, 0.6) is 0 Å². The first-order valence-electron chi connectivity index (χ1n) is 5.48. The van der Waals surface area contributed by atoms with Crippen molar-refractivity contribution in [2.24, 2.45) is 0 Å². The second-order valence-electron chi connectivity index (χ2n) is 3.95. The fourth-order valence-corrected chi connectivity index (χ4v) is 1.87. The predicted octanol–water partition coefficient (Wildman–Crippen LogP) is 0.994. The molecule has 0 fully saturated rings. The largest absolute Gasteiger partial charge is 0.313 e. The molecule has 0 spiro atoms. The van der Waals surface area contributed by atoms with Gasteiger partial charge in [0, 0.05) is 13.1 Å². The molecule has 1 rings (SSSR count). The average molecular weight is 278 g/mol. The van der Waals surface area contributed by atoms with Crippen LogP contribution in [-0.4, -0.2) is 27.8 Å². The van der Waals surface area contributed by atoms with Gasteiger partial charge < -0.3 is 5.32 Å². The highest BCUT2D eigenvalue weighted by Crippen LogP contribution is 2.08. The van der Waals surface area contributed by atoms with Gasteiger partial charge in [0.05, 0.1) is 6.26 Å². The molecule has 0 atom stereocenters. The quantitative estimate of drug-likeness (QED) is 0.731. The lowest BCUT2D eigenvalue weighted by atomic mass is 10.2. The molecule has 0 radical (unpaired) electrons. The minimum Gasteiger partial charge on any atom is -0.313 e.